The highest BCUT2D eigenvalue weighted by molar-refractivity contribution is 5.61. The van der Waals surface area contributed by atoms with Crippen LogP contribution >= 0.6 is 0 Å². The number of hydrogen-bond acceptors (Lipinski definition) is 3. The van der Waals surface area contributed by atoms with Crippen molar-refractivity contribution in [3.63, 3.8) is 0 Å². The smallest absolute Gasteiger partial charge is 0.0878 e. The molecule has 4 unspecified atom stereocenters. The Morgan fingerprint density at radius 2 is 1.62 bits per heavy atom. The number of likely N-dealkylation sites (tertiary alicyclic amines) is 1. The molecule has 0 spiro atoms. The monoisotopic (exact) mass is 349 g/mol. The van der Waals surface area contributed by atoms with E-state index in [1.165, 1.54) is 16.8 Å². The summed E-state index contributed by atoms with van der Waals surface area (Å²) in [5.74, 6) is 0.864. The largest absolute Gasteiger partial charge is 0.369 e. The number of fused-ring (bicyclic) bond motifs is 3. The van der Waals surface area contributed by atoms with Gasteiger partial charge in [-0.05, 0) is 37.8 Å². The number of pyridine rings is 1. The maximum atomic E-state index is 4.46. The molecule has 138 valence electrons. The molecule has 3 nitrogen and oxygen atoms in total. The molecule has 1 saturated heterocycles. The van der Waals surface area contributed by atoms with Crippen LogP contribution in [0, 0.1) is 5.41 Å². The molecular weight excluding hydrogens is 318 g/mol. The van der Waals surface area contributed by atoms with Crippen LogP contribution in [0.1, 0.15) is 64.5 Å². The highest BCUT2D eigenvalue weighted by Gasteiger charge is 2.59. The van der Waals surface area contributed by atoms with Gasteiger partial charge in [-0.3, -0.25) is 9.88 Å². The SMILES string of the molecule is CC(C)(C)C1C(c2ccccc2)C2c3cnccc3NC2N1C(C)(C)C. The normalized spacial score (nSPS) is 28.5. The minimum atomic E-state index is 0.0763. The van der Waals surface area contributed by atoms with Crippen molar-refractivity contribution in [1.82, 2.24) is 9.88 Å². The van der Waals surface area contributed by atoms with Crippen molar-refractivity contribution < 1.29 is 0 Å². The van der Waals surface area contributed by atoms with Gasteiger partial charge in [-0.15, -0.1) is 0 Å². The Balaban J connectivity index is 1.93. The van der Waals surface area contributed by atoms with Gasteiger partial charge in [-0.25, -0.2) is 0 Å². The standard InChI is InChI=1S/C23H31N3/c1-22(2,3)20-18(15-10-8-7-9-11-15)19-16-14-24-13-12-17(16)25-21(19)26(20)23(4,5)6/h7-14,18-21,25H,1-6H3. The van der Waals surface area contributed by atoms with Crippen LogP contribution in [0.3, 0.4) is 0 Å². The summed E-state index contributed by atoms with van der Waals surface area (Å²) in [6.45, 7) is 14.2. The molecule has 0 amide bonds. The maximum absolute atomic E-state index is 4.46. The average molecular weight is 350 g/mol. The topological polar surface area (TPSA) is 28.2 Å². The van der Waals surface area contributed by atoms with E-state index in [2.05, 4.69) is 99.3 Å². The molecular formula is C23H31N3. The summed E-state index contributed by atoms with van der Waals surface area (Å²) in [4.78, 5) is 7.19. The summed E-state index contributed by atoms with van der Waals surface area (Å²) in [6, 6.07) is 13.7. The lowest BCUT2D eigenvalue weighted by Crippen LogP contribution is -2.55. The van der Waals surface area contributed by atoms with Gasteiger partial charge in [0.05, 0.1) is 6.17 Å². The summed E-state index contributed by atoms with van der Waals surface area (Å²) < 4.78 is 0. The van der Waals surface area contributed by atoms with Gasteiger partial charge in [0.1, 0.15) is 0 Å². The third-order valence-corrected chi connectivity index (χ3v) is 6.03. The number of hydrogen-bond donors (Lipinski definition) is 1. The van der Waals surface area contributed by atoms with Crippen LogP contribution in [-0.4, -0.2) is 27.6 Å². The Labute approximate surface area is 157 Å². The molecule has 2 aromatic rings. The number of anilines is 1. The van der Waals surface area contributed by atoms with Gasteiger partial charge in [0.15, 0.2) is 0 Å². The second kappa shape index (κ2) is 5.82. The second-order valence-corrected chi connectivity index (χ2v) is 9.90. The molecule has 3 heterocycles. The van der Waals surface area contributed by atoms with E-state index in [0.717, 1.165) is 0 Å². The zero-order valence-corrected chi connectivity index (χ0v) is 16.8. The van der Waals surface area contributed by atoms with E-state index in [9.17, 15) is 0 Å². The quantitative estimate of drug-likeness (QED) is 0.764. The maximum Gasteiger partial charge on any atom is 0.0878 e. The highest BCUT2D eigenvalue weighted by Crippen LogP contribution is 2.58. The van der Waals surface area contributed by atoms with Gasteiger partial charge >= 0.3 is 0 Å². The molecule has 1 fully saturated rings. The highest BCUT2D eigenvalue weighted by atomic mass is 15.4. The summed E-state index contributed by atoms with van der Waals surface area (Å²) in [6.07, 6.45) is 4.28. The number of rotatable bonds is 1. The lowest BCUT2D eigenvalue weighted by atomic mass is 9.72. The van der Waals surface area contributed by atoms with E-state index in [-0.39, 0.29) is 11.0 Å². The molecule has 0 radical (unpaired) electrons. The van der Waals surface area contributed by atoms with Crippen molar-refractivity contribution in [3.8, 4) is 0 Å². The van der Waals surface area contributed by atoms with E-state index < -0.39 is 0 Å². The molecule has 2 aliphatic heterocycles. The third kappa shape index (κ3) is 2.64. The van der Waals surface area contributed by atoms with Gasteiger partial charge in [0.2, 0.25) is 0 Å². The van der Waals surface area contributed by atoms with Crippen molar-refractivity contribution in [2.45, 2.75) is 71.1 Å². The first-order valence-corrected chi connectivity index (χ1v) is 9.73. The fourth-order valence-corrected chi connectivity index (χ4v) is 5.25. The Kier molecular flexibility index (Phi) is 3.92. The number of benzene rings is 1. The van der Waals surface area contributed by atoms with Gasteiger partial charge in [-0.2, -0.15) is 0 Å². The zero-order valence-electron chi connectivity index (χ0n) is 16.8. The van der Waals surface area contributed by atoms with Crippen LogP contribution in [0.25, 0.3) is 0 Å². The lowest BCUT2D eigenvalue weighted by molar-refractivity contribution is 0.0283. The van der Waals surface area contributed by atoms with Crippen molar-refractivity contribution in [2.75, 3.05) is 5.32 Å². The predicted octanol–water partition coefficient (Wildman–Crippen LogP) is 5.23. The van der Waals surface area contributed by atoms with Crippen LogP contribution < -0.4 is 5.32 Å². The molecule has 3 heteroatoms. The fourth-order valence-electron chi connectivity index (χ4n) is 5.25. The summed E-state index contributed by atoms with van der Waals surface area (Å²) in [5.41, 5.74) is 4.30. The van der Waals surface area contributed by atoms with Crippen molar-refractivity contribution in [3.05, 3.63) is 59.9 Å². The third-order valence-electron chi connectivity index (χ3n) is 6.03. The Morgan fingerprint density at radius 1 is 0.923 bits per heavy atom. The molecule has 0 bridgehead atoms. The molecule has 4 rings (SSSR count). The van der Waals surface area contributed by atoms with E-state index in [1.54, 1.807) is 0 Å². The van der Waals surface area contributed by atoms with Crippen molar-refractivity contribution in [1.29, 1.82) is 0 Å². The lowest BCUT2D eigenvalue weighted by Gasteiger charge is -2.47. The number of nitrogens with zero attached hydrogens (tertiary/aromatic N) is 2. The molecule has 4 atom stereocenters. The molecule has 2 aliphatic rings. The van der Waals surface area contributed by atoms with Gasteiger partial charge in [-0.1, -0.05) is 51.1 Å². The Morgan fingerprint density at radius 3 is 2.23 bits per heavy atom. The average Bonchev–Trinajstić information content (AvgIpc) is 3.08. The van der Waals surface area contributed by atoms with Gasteiger partial charge in [0.25, 0.3) is 0 Å². The van der Waals surface area contributed by atoms with Crippen molar-refractivity contribution in [2.24, 2.45) is 5.41 Å². The van der Waals surface area contributed by atoms with Crippen LogP contribution in [0.4, 0.5) is 5.69 Å². The van der Waals surface area contributed by atoms with E-state index in [0.29, 0.717) is 24.0 Å². The number of nitrogens with one attached hydrogen (secondary N) is 1. The van der Waals surface area contributed by atoms with Gasteiger partial charge < -0.3 is 5.32 Å². The molecule has 1 N–H and O–H groups in total. The summed E-state index contributed by atoms with van der Waals surface area (Å²) in [7, 11) is 0. The minimum absolute atomic E-state index is 0.0763. The first kappa shape index (κ1) is 17.5. The van der Waals surface area contributed by atoms with Gasteiger partial charge in [0, 0.05) is 47.1 Å². The van der Waals surface area contributed by atoms with E-state index >= 15 is 0 Å². The zero-order chi connectivity index (χ0) is 18.7. The Hall–Kier alpha value is -1.87. The first-order valence-electron chi connectivity index (χ1n) is 9.73. The molecule has 0 saturated carbocycles. The summed E-state index contributed by atoms with van der Waals surface area (Å²) >= 11 is 0. The van der Waals surface area contributed by atoms with Crippen LogP contribution in [0.2, 0.25) is 0 Å². The number of aromatic nitrogens is 1. The molecule has 0 aliphatic carbocycles. The second-order valence-electron chi connectivity index (χ2n) is 9.90. The summed E-state index contributed by atoms with van der Waals surface area (Å²) in [5, 5.41) is 3.84. The van der Waals surface area contributed by atoms with E-state index in [1.807, 2.05) is 6.20 Å². The fraction of sp³-hybridized carbons (Fsp3) is 0.522. The minimum Gasteiger partial charge on any atom is -0.369 e. The predicted molar refractivity (Wildman–Crippen MR) is 108 cm³/mol. The molecule has 26 heavy (non-hydrogen) atoms. The molecule has 1 aromatic heterocycles. The molecule has 1 aromatic carbocycles. The first-order chi connectivity index (χ1) is 12.2. The van der Waals surface area contributed by atoms with E-state index in [4.69, 9.17) is 0 Å². The van der Waals surface area contributed by atoms with Crippen LogP contribution in [-0.2, 0) is 0 Å². The van der Waals surface area contributed by atoms with Crippen LogP contribution in [0.15, 0.2) is 48.8 Å². The van der Waals surface area contributed by atoms with Crippen molar-refractivity contribution >= 4 is 5.69 Å². The Bertz CT molecular complexity index is 785. The van der Waals surface area contributed by atoms with Crippen LogP contribution in [0.5, 0.6) is 0 Å².